The molecule has 186 valence electrons. The van der Waals surface area contributed by atoms with Crippen molar-refractivity contribution < 1.29 is 23.0 Å². The zero-order chi connectivity index (χ0) is 24.1. The van der Waals surface area contributed by atoms with E-state index in [0.29, 0.717) is 11.8 Å². The maximum Gasteiger partial charge on any atom is 0.314 e. The largest absolute Gasteiger partial charge is 0.483 e. The third-order valence-corrected chi connectivity index (χ3v) is 8.47. The summed E-state index contributed by atoms with van der Waals surface area (Å²) in [7, 11) is 0. The van der Waals surface area contributed by atoms with Crippen molar-refractivity contribution >= 4 is 5.97 Å². The van der Waals surface area contributed by atoms with Gasteiger partial charge in [0.2, 0.25) is 0 Å². The van der Waals surface area contributed by atoms with Crippen LogP contribution in [0.3, 0.4) is 0 Å². The summed E-state index contributed by atoms with van der Waals surface area (Å²) in [6.07, 6.45) is 17.7. The monoisotopic (exact) mass is 472 g/mol. The number of halogens is 2. The third kappa shape index (κ3) is 5.72. The second-order valence-electron chi connectivity index (χ2n) is 10.5. The van der Waals surface area contributed by atoms with Crippen molar-refractivity contribution in [2.75, 3.05) is 6.61 Å². The number of hydrogen-bond acceptors (Lipinski definition) is 3. The predicted molar refractivity (Wildman–Crippen MR) is 130 cm³/mol. The van der Waals surface area contributed by atoms with Crippen LogP contribution in [0.5, 0.6) is 11.5 Å². The highest BCUT2D eigenvalue weighted by molar-refractivity contribution is 5.75. The van der Waals surface area contributed by atoms with E-state index in [0.717, 1.165) is 49.1 Å². The number of allylic oxidation sites excluding steroid dienone is 2. The highest BCUT2D eigenvalue weighted by Gasteiger charge is 2.43. The van der Waals surface area contributed by atoms with Gasteiger partial charge in [0.1, 0.15) is 12.4 Å². The number of carbonyl (C=O) groups is 1. The Bertz CT molecular complexity index is 864. The van der Waals surface area contributed by atoms with E-state index < -0.39 is 17.4 Å². The van der Waals surface area contributed by atoms with Gasteiger partial charge >= 0.3 is 5.97 Å². The molecule has 5 heteroatoms. The summed E-state index contributed by atoms with van der Waals surface area (Å²) in [5.41, 5.74) is 0. The molecular weight excluding hydrogens is 434 g/mol. The summed E-state index contributed by atoms with van der Waals surface area (Å²) < 4.78 is 39.1. The fourth-order valence-corrected chi connectivity index (χ4v) is 6.87. The quantitative estimate of drug-likeness (QED) is 0.232. The van der Waals surface area contributed by atoms with E-state index in [2.05, 4.69) is 25.7 Å². The molecular formula is C29H38F2O3. The summed E-state index contributed by atoms with van der Waals surface area (Å²) in [4.78, 5) is 13.1. The zero-order valence-corrected chi connectivity index (χ0v) is 20.3. The topological polar surface area (TPSA) is 35.5 Å². The molecule has 3 fully saturated rings. The van der Waals surface area contributed by atoms with Gasteiger partial charge in [-0.15, -0.1) is 0 Å². The Morgan fingerprint density at radius 1 is 1.00 bits per heavy atom. The number of esters is 1. The molecule has 3 aliphatic carbocycles. The van der Waals surface area contributed by atoms with Crippen LogP contribution < -0.4 is 9.47 Å². The standard InChI is InChI=1S/C29H38F2O3/c1-3-6-19-9-11-20(12-10-19)21-13-14-24-22(16-21)7-5-8-25(24)29(32)34-23-17-26(30)28(27(31)18-23)33-15-4-2/h3-4,6,17-22,24-25H,2,5,7-16H2,1H3/b6-3+. The molecule has 3 nitrogen and oxygen atoms in total. The van der Waals surface area contributed by atoms with Crippen LogP contribution in [0.4, 0.5) is 8.78 Å². The Hall–Kier alpha value is -2.17. The summed E-state index contributed by atoms with van der Waals surface area (Å²) in [5, 5.41) is 0. The van der Waals surface area contributed by atoms with E-state index >= 15 is 0 Å². The normalized spacial score (nSPS) is 31.6. The molecule has 3 aliphatic rings. The van der Waals surface area contributed by atoms with E-state index in [9.17, 15) is 13.6 Å². The van der Waals surface area contributed by atoms with E-state index in [4.69, 9.17) is 9.47 Å². The minimum atomic E-state index is -0.879. The smallest absolute Gasteiger partial charge is 0.314 e. The van der Waals surface area contributed by atoms with Gasteiger partial charge in [-0.25, -0.2) is 8.78 Å². The fourth-order valence-electron chi connectivity index (χ4n) is 6.87. The van der Waals surface area contributed by atoms with Gasteiger partial charge in [0.25, 0.3) is 0 Å². The highest BCUT2D eigenvalue weighted by Crippen LogP contribution is 2.50. The second kappa shape index (κ2) is 11.5. The summed E-state index contributed by atoms with van der Waals surface area (Å²) in [6, 6.07) is 2.06. The average molecular weight is 473 g/mol. The highest BCUT2D eigenvalue weighted by atomic mass is 19.1. The molecule has 0 aromatic heterocycles. The summed E-state index contributed by atoms with van der Waals surface area (Å²) >= 11 is 0. The van der Waals surface area contributed by atoms with Gasteiger partial charge in [0.15, 0.2) is 17.4 Å². The number of fused-ring (bicyclic) bond motifs is 1. The lowest BCUT2D eigenvalue weighted by Crippen LogP contribution is -2.40. The molecule has 1 aromatic rings. The third-order valence-electron chi connectivity index (χ3n) is 8.47. The Balaban J connectivity index is 1.35. The van der Waals surface area contributed by atoms with Crippen LogP contribution in [0.1, 0.15) is 71.1 Å². The number of benzene rings is 1. The first-order valence-corrected chi connectivity index (χ1v) is 13.1. The molecule has 34 heavy (non-hydrogen) atoms. The first-order chi connectivity index (χ1) is 16.5. The van der Waals surface area contributed by atoms with Gasteiger partial charge in [0, 0.05) is 12.1 Å². The minimum absolute atomic E-state index is 0.00363. The molecule has 4 rings (SSSR count). The molecule has 4 unspecified atom stereocenters. The number of ether oxygens (including phenoxy) is 2. The Labute approximate surface area is 202 Å². The van der Waals surface area contributed by atoms with E-state index in [-0.39, 0.29) is 24.2 Å². The van der Waals surface area contributed by atoms with E-state index in [1.54, 1.807) is 0 Å². The Morgan fingerprint density at radius 3 is 2.38 bits per heavy atom. The molecule has 0 saturated heterocycles. The minimum Gasteiger partial charge on any atom is -0.483 e. The van der Waals surface area contributed by atoms with Crippen molar-refractivity contribution in [2.45, 2.75) is 71.1 Å². The molecule has 0 radical (unpaired) electrons. The molecule has 4 atom stereocenters. The van der Waals surface area contributed by atoms with Crippen LogP contribution >= 0.6 is 0 Å². The first-order valence-electron chi connectivity index (χ1n) is 13.1. The van der Waals surface area contributed by atoms with Crippen molar-refractivity contribution in [3.05, 3.63) is 48.6 Å². The Morgan fingerprint density at radius 2 is 1.71 bits per heavy atom. The van der Waals surface area contributed by atoms with Gasteiger partial charge in [0.05, 0.1) is 5.92 Å². The molecule has 0 bridgehead atoms. The Kier molecular flexibility index (Phi) is 8.44. The van der Waals surface area contributed by atoms with E-state index in [1.165, 1.54) is 51.0 Å². The summed E-state index contributed by atoms with van der Waals surface area (Å²) in [5.74, 6) is 0.358. The second-order valence-corrected chi connectivity index (χ2v) is 10.5. The molecule has 1 aromatic carbocycles. The van der Waals surface area contributed by atoms with Crippen LogP contribution in [0, 0.1) is 47.1 Å². The van der Waals surface area contributed by atoms with Crippen LogP contribution in [0.25, 0.3) is 0 Å². The lowest BCUT2D eigenvalue weighted by Gasteiger charge is -2.45. The van der Waals surface area contributed by atoms with Gasteiger partial charge < -0.3 is 9.47 Å². The van der Waals surface area contributed by atoms with Crippen LogP contribution in [0.15, 0.2) is 36.9 Å². The van der Waals surface area contributed by atoms with Gasteiger partial charge in [-0.1, -0.05) is 37.6 Å². The SMILES string of the molecule is C=CCOc1c(F)cc(OC(=O)C2CCCC3CC(C4CCC(/C=C/C)CC4)CCC32)cc1F. The predicted octanol–water partition coefficient (Wildman–Crippen LogP) is 7.65. The zero-order valence-electron chi connectivity index (χ0n) is 20.3. The van der Waals surface area contributed by atoms with Gasteiger partial charge in [-0.2, -0.15) is 0 Å². The molecule has 0 N–H and O–H groups in total. The van der Waals surface area contributed by atoms with Gasteiger partial charge in [-0.05, 0) is 87.9 Å². The molecule has 0 aliphatic heterocycles. The van der Waals surface area contributed by atoms with Crippen molar-refractivity contribution in [3.63, 3.8) is 0 Å². The van der Waals surface area contributed by atoms with E-state index in [1.807, 2.05) is 0 Å². The van der Waals surface area contributed by atoms with Crippen LogP contribution in [-0.2, 0) is 4.79 Å². The number of rotatable bonds is 7. The molecule has 0 spiro atoms. The van der Waals surface area contributed by atoms with Crippen molar-refractivity contribution in [2.24, 2.45) is 35.5 Å². The molecule has 0 heterocycles. The number of hydrogen-bond donors (Lipinski definition) is 0. The lowest BCUT2D eigenvalue weighted by atomic mass is 9.59. The van der Waals surface area contributed by atoms with Gasteiger partial charge in [-0.3, -0.25) is 4.79 Å². The average Bonchev–Trinajstić information content (AvgIpc) is 2.83. The van der Waals surface area contributed by atoms with Crippen LogP contribution in [0.2, 0.25) is 0 Å². The lowest BCUT2D eigenvalue weighted by molar-refractivity contribution is -0.144. The maximum absolute atomic E-state index is 14.3. The van der Waals surface area contributed by atoms with Crippen molar-refractivity contribution in [1.29, 1.82) is 0 Å². The first kappa shape index (κ1) is 24.9. The van der Waals surface area contributed by atoms with Crippen molar-refractivity contribution in [3.8, 4) is 11.5 Å². The molecule has 3 saturated carbocycles. The van der Waals surface area contributed by atoms with Crippen LogP contribution in [-0.4, -0.2) is 12.6 Å². The summed E-state index contributed by atoms with van der Waals surface area (Å²) in [6.45, 7) is 5.58. The number of carbonyl (C=O) groups excluding carboxylic acids is 1. The molecule has 0 amide bonds. The fraction of sp³-hybridized carbons (Fsp3) is 0.621. The van der Waals surface area contributed by atoms with Crippen molar-refractivity contribution in [1.82, 2.24) is 0 Å². The maximum atomic E-state index is 14.3.